The van der Waals surface area contributed by atoms with Gasteiger partial charge in [-0.25, -0.2) is 8.42 Å². The van der Waals surface area contributed by atoms with E-state index in [4.69, 9.17) is 23.2 Å². The SMILES string of the molecule is Cc1ccc(Cl)c2sc(=NC(=O)c3cccc(NS(=O)(=O)c4ccc(Cl)cc4)c3)n(C)c12. The average Bonchev–Trinajstić information content (AvgIpc) is 3.08. The number of anilines is 1. The first-order valence-corrected chi connectivity index (χ1v) is 12.4. The van der Waals surface area contributed by atoms with Crippen LogP contribution in [0, 0.1) is 6.92 Å². The lowest BCUT2D eigenvalue weighted by Gasteiger charge is -2.09. The number of benzene rings is 3. The van der Waals surface area contributed by atoms with Crippen LogP contribution in [0.4, 0.5) is 5.69 Å². The fourth-order valence-corrected chi connectivity index (χ4v) is 5.75. The largest absolute Gasteiger partial charge is 0.319 e. The van der Waals surface area contributed by atoms with Gasteiger partial charge in [0.25, 0.3) is 15.9 Å². The highest BCUT2D eigenvalue weighted by molar-refractivity contribution is 7.92. The summed E-state index contributed by atoms with van der Waals surface area (Å²) in [5, 5.41) is 1.03. The monoisotopic (exact) mass is 505 g/mol. The molecule has 0 spiro atoms. The third kappa shape index (κ3) is 4.45. The number of carbonyl (C=O) groups is 1. The summed E-state index contributed by atoms with van der Waals surface area (Å²) in [5.74, 6) is -0.492. The van der Waals surface area contributed by atoms with E-state index < -0.39 is 15.9 Å². The number of thiazole rings is 1. The van der Waals surface area contributed by atoms with E-state index in [1.807, 2.05) is 30.7 Å². The molecule has 0 radical (unpaired) electrons. The first-order chi connectivity index (χ1) is 15.2. The van der Waals surface area contributed by atoms with Crippen molar-refractivity contribution in [2.75, 3.05) is 4.72 Å². The lowest BCUT2D eigenvalue weighted by atomic mass is 10.2. The number of aromatic nitrogens is 1. The van der Waals surface area contributed by atoms with Crippen LogP contribution in [0.1, 0.15) is 15.9 Å². The smallest absolute Gasteiger partial charge is 0.279 e. The zero-order valence-electron chi connectivity index (χ0n) is 17.0. The van der Waals surface area contributed by atoms with Crippen molar-refractivity contribution in [2.24, 2.45) is 12.0 Å². The standard InChI is InChI=1S/C22H17Cl2N3O3S2/c1-13-6-11-18(24)20-19(13)27(2)22(31-20)25-21(28)14-4-3-5-16(12-14)26-32(29,30)17-9-7-15(23)8-10-17/h3-12,26H,1-2H3. The second kappa shape index (κ2) is 8.71. The fourth-order valence-electron chi connectivity index (χ4n) is 3.21. The van der Waals surface area contributed by atoms with E-state index in [9.17, 15) is 13.2 Å². The molecule has 32 heavy (non-hydrogen) atoms. The maximum absolute atomic E-state index is 12.8. The van der Waals surface area contributed by atoms with Crippen LogP contribution in [0.2, 0.25) is 10.0 Å². The molecule has 1 aromatic heterocycles. The zero-order valence-corrected chi connectivity index (χ0v) is 20.1. The molecule has 0 atom stereocenters. The van der Waals surface area contributed by atoms with Gasteiger partial charge in [0, 0.05) is 23.3 Å². The summed E-state index contributed by atoms with van der Waals surface area (Å²) in [4.78, 5) is 17.6. The molecule has 4 aromatic rings. The highest BCUT2D eigenvalue weighted by Crippen LogP contribution is 2.28. The minimum atomic E-state index is -3.83. The minimum absolute atomic E-state index is 0.0628. The number of aryl methyl sites for hydroxylation is 2. The Kier molecular flexibility index (Phi) is 6.13. The number of hydrogen-bond donors (Lipinski definition) is 1. The Hall–Kier alpha value is -2.65. The number of nitrogens with zero attached hydrogens (tertiary/aromatic N) is 2. The summed E-state index contributed by atoms with van der Waals surface area (Å²) in [5.41, 5.74) is 2.44. The molecular weight excluding hydrogens is 489 g/mol. The van der Waals surface area contributed by atoms with Crippen LogP contribution in [0.15, 0.2) is 70.6 Å². The molecule has 164 valence electrons. The van der Waals surface area contributed by atoms with Gasteiger partial charge in [-0.2, -0.15) is 4.99 Å². The lowest BCUT2D eigenvalue weighted by Crippen LogP contribution is -2.15. The number of halogens is 2. The predicted octanol–water partition coefficient (Wildman–Crippen LogP) is 5.40. The third-order valence-corrected chi connectivity index (χ3v) is 8.03. The van der Waals surface area contributed by atoms with E-state index in [0.29, 0.717) is 14.8 Å². The predicted molar refractivity (Wildman–Crippen MR) is 129 cm³/mol. The number of carbonyl (C=O) groups excluding carboxylic acids is 1. The Morgan fingerprint density at radius 1 is 1.06 bits per heavy atom. The fraction of sp³-hybridized carbons (Fsp3) is 0.0909. The van der Waals surface area contributed by atoms with Crippen LogP contribution in [0.5, 0.6) is 0 Å². The quantitative estimate of drug-likeness (QED) is 0.403. The van der Waals surface area contributed by atoms with Gasteiger partial charge in [0.1, 0.15) is 0 Å². The topological polar surface area (TPSA) is 80.5 Å². The summed E-state index contributed by atoms with van der Waals surface area (Å²) in [6.45, 7) is 1.97. The van der Waals surface area contributed by atoms with Crippen LogP contribution in [-0.4, -0.2) is 18.9 Å². The molecule has 0 aliphatic heterocycles. The van der Waals surface area contributed by atoms with E-state index >= 15 is 0 Å². The highest BCUT2D eigenvalue weighted by Gasteiger charge is 2.16. The minimum Gasteiger partial charge on any atom is -0.319 e. The summed E-state index contributed by atoms with van der Waals surface area (Å²) < 4.78 is 30.4. The average molecular weight is 506 g/mol. The molecule has 10 heteroatoms. The number of rotatable bonds is 4. The molecule has 1 heterocycles. The Labute approximate surface area is 198 Å². The van der Waals surface area contributed by atoms with E-state index in [2.05, 4.69) is 9.71 Å². The van der Waals surface area contributed by atoms with Crippen LogP contribution in [0.25, 0.3) is 10.2 Å². The molecule has 0 saturated heterocycles. The van der Waals surface area contributed by atoms with Crippen molar-refractivity contribution in [2.45, 2.75) is 11.8 Å². The van der Waals surface area contributed by atoms with Gasteiger partial charge in [-0.1, -0.05) is 46.7 Å². The lowest BCUT2D eigenvalue weighted by molar-refractivity contribution is 0.0998. The van der Waals surface area contributed by atoms with Crippen LogP contribution >= 0.6 is 34.5 Å². The molecule has 0 saturated carbocycles. The maximum atomic E-state index is 12.8. The number of nitrogens with one attached hydrogen (secondary N) is 1. The molecule has 0 bridgehead atoms. The molecule has 1 N–H and O–H groups in total. The Bertz CT molecular complexity index is 1520. The molecule has 3 aromatic carbocycles. The Morgan fingerprint density at radius 2 is 1.78 bits per heavy atom. The van der Waals surface area contributed by atoms with Crippen molar-refractivity contribution in [3.63, 3.8) is 0 Å². The van der Waals surface area contributed by atoms with Crippen molar-refractivity contribution < 1.29 is 13.2 Å². The van der Waals surface area contributed by atoms with E-state index in [1.165, 1.54) is 41.7 Å². The van der Waals surface area contributed by atoms with Crippen molar-refractivity contribution >= 4 is 66.4 Å². The van der Waals surface area contributed by atoms with Crippen molar-refractivity contribution in [1.82, 2.24) is 4.57 Å². The van der Waals surface area contributed by atoms with Gasteiger partial charge in [0.2, 0.25) is 0 Å². The highest BCUT2D eigenvalue weighted by atomic mass is 35.5. The van der Waals surface area contributed by atoms with Gasteiger partial charge in [-0.05, 0) is 61.0 Å². The van der Waals surface area contributed by atoms with Gasteiger partial charge < -0.3 is 4.57 Å². The third-order valence-electron chi connectivity index (χ3n) is 4.78. The van der Waals surface area contributed by atoms with Crippen LogP contribution < -0.4 is 9.52 Å². The van der Waals surface area contributed by atoms with Crippen molar-refractivity contribution in [1.29, 1.82) is 0 Å². The number of hydrogen-bond acceptors (Lipinski definition) is 4. The van der Waals surface area contributed by atoms with Gasteiger partial charge in [-0.3, -0.25) is 9.52 Å². The molecule has 1 amide bonds. The van der Waals surface area contributed by atoms with Crippen molar-refractivity contribution in [3.05, 3.63) is 86.6 Å². The summed E-state index contributed by atoms with van der Waals surface area (Å²) in [7, 11) is -2.01. The van der Waals surface area contributed by atoms with Crippen molar-refractivity contribution in [3.8, 4) is 0 Å². The summed E-state index contributed by atoms with van der Waals surface area (Å²) >= 11 is 13.5. The van der Waals surface area contributed by atoms with Crippen LogP contribution in [0.3, 0.4) is 0 Å². The van der Waals surface area contributed by atoms with E-state index in [1.54, 1.807) is 18.2 Å². The first kappa shape index (κ1) is 22.5. The van der Waals surface area contributed by atoms with E-state index in [-0.39, 0.29) is 16.1 Å². The molecule has 4 rings (SSSR count). The zero-order chi connectivity index (χ0) is 23.0. The number of fused-ring (bicyclic) bond motifs is 1. The molecular formula is C22H17Cl2N3O3S2. The van der Waals surface area contributed by atoms with Crippen LogP contribution in [-0.2, 0) is 17.1 Å². The maximum Gasteiger partial charge on any atom is 0.279 e. The number of sulfonamides is 1. The molecule has 6 nitrogen and oxygen atoms in total. The Balaban J connectivity index is 1.67. The number of amides is 1. The second-order valence-electron chi connectivity index (χ2n) is 7.04. The molecule has 0 aliphatic carbocycles. The normalized spacial score (nSPS) is 12.3. The van der Waals surface area contributed by atoms with Gasteiger partial charge in [0.15, 0.2) is 4.80 Å². The molecule has 0 unspecified atom stereocenters. The van der Waals surface area contributed by atoms with Gasteiger partial charge >= 0.3 is 0 Å². The van der Waals surface area contributed by atoms with Gasteiger partial charge in [-0.15, -0.1) is 0 Å². The summed E-state index contributed by atoms with van der Waals surface area (Å²) in [6.07, 6.45) is 0. The molecule has 0 aliphatic rings. The Morgan fingerprint density at radius 3 is 2.47 bits per heavy atom. The van der Waals surface area contributed by atoms with E-state index in [0.717, 1.165) is 15.8 Å². The van der Waals surface area contributed by atoms with Gasteiger partial charge in [0.05, 0.1) is 20.1 Å². The molecule has 0 fully saturated rings. The summed E-state index contributed by atoms with van der Waals surface area (Å²) in [6, 6.07) is 15.7. The first-order valence-electron chi connectivity index (χ1n) is 9.38. The second-order valence-corrected chi connectivity index (χ2v) is 10.5.